The largest absolute Gasteiger partial charge is 0.493 e. The van der Waals surface area contributed by atoms with Crippen molar-refractivity contribution in [3.8, 4) is 22.7 Å². The minimum Gasteiger partial charge on any atom is -0.493 e. The molecule has 0 bridgehead atoms. The van der Waals surface area contributed by atoms with Crippen molar-refractivity contribution in [1.29, 1.82) is 0 Å². The van der Waals surface area contributed by atoms with Gasteiger partial charge in [0.25, 0.3) is 5.56 Å². The summed E-state index contributed by atoms with van der Waals surface area (Å²) in [5.41, 5.74) is 4.29. The number of para-hydroxylation sites is 1. The summed E-state index contributed by atoms with van der Waals surface area (Å²) in [7, 11) is 0. The SMILES string of the molecule is CC(C)COc1ccc(-c2nn(-c3ccccc3)cc2/C=c2\sc3nc(/C=C/c4ccccc4)nn3c2=O)cc1. The number of aromatic nitrogens is 5. The lowest BCUT2D eigenvalue weighted by Crippen LogP contribution is -2.23. The summed E-state index contributed by atoms with van der Waals surface area (Å²) in [5.74, 6) is 1.76. The van der Waals surface area contributed by atoms with Gasteiger partial charge in [0.05, 0.1) is 16.8 Å². The van der Waals surface area contributed by atoms with Gasteiger partial charge in [0.15, 0.2) is 5.82 Å². The zero-order valence-corrected chi connectivity index (χ0v) is 23.0. The molecular formula is C32H27N5O2S. The second-order valence-corrected chi connectivity index (χ2v) is 10.8. The maximum absolute atomic E-state index is 13.3. The van der Waals surface area contributed by atoms with Crippen LogP contribution in [0.3, 0.4) is 0 Å². The highest BCUT2D eigenvalue weighted by atomic mass is 32.1. The van der Waals surface area contributed by atoms with Crippen LogP contribution in [-0.4, -0.2) is 31.0 Å². The Morgan fingerprint density at radius 2 is 1.62 bits per heavy atom. The van der Waals surface area contributed by atoms with Gasteiger partial charge in [0.1, 0.15) is 11.4 Å². The standard InChI is InChI=1S/C32H27N5O2S/c1-22(2)21-39-27-16-14-24(15-17-27)30-25(20-36(35-30)26-11-7-4-8-12-26)19-28-31(38)37-32(40-28)33-29(34-37)18-13-23-9-5-3-6-10-23/h3-20,22H,21H2,1-2H3/b18-13+,28-19-. The molecule has 3 heterocycles. The first-order chi connectivity index (χ1) is 19.5. The van der Waals surface area contributed by atoms with Gasteiger partial charge in [-0.2, -0.15) is 14.6 Å². The minimum absolute atomic E-state index is 0.206. The highest BCUT2D eigenvalue weighted by molar-refractivity contribution is 7.15. The van der Waals surface area contributed by atoms with Crippen molar-refractivity contribution in [2.75, 3.05) is 6.61 Å². The van der Waals surface area contributed by atoms with E-state index in [1.54, 1.807) is 0 Å². The molecule has 6 rings (SSSR count). The molecule has 0 saturated carbocycles. The Balaban J connectivity index is 1.37. The van der Waals surface area contributed by atoms with Crippen molar-refractivity contribution in [2.24, 2.45) is 5.92 Å². The number of nitrogens with zero attached hydrogens (tertiary/aromatic N) is 5. The maximum Gasteiger partial charge on any atom is 0.291 e. The van der Waals surface area contributed by atoms with Crippen LogP contribution in [0.2, 0.25) is 0 Å². The molecule has 7 nitrogen and oxygen atoms in total. The second kappa shape index (κ2) is 11.1. The fourth-order valence-electron chi connectivity index (χ4n) is 4.20. The number of thiazole rings is 1. The molecule has 6 aromatic rings. The quantitative estimate of drug-likeness (QED) is 0.243. The zero-order chi connectivity index (χ0) is 27.5. The first-order valence-corrected chi connectivity index (χ1v) is 13.9. The normalized spacial score (nSPS) is 12.2. The van der Waals surface area contributed by atoms with Crippen molar-refractivity contribution >= 4 is 34.5 Å². The molecular weight excluding hydrogens is 518 g/mol. The van der Waals surface area contributed by atoms with Crippen LogP contribution in [0.15, 0.2) is 95.9 Å². The van der Waals surface area contributed by atoms with E-state index in [1.165, 1.54) is 15.9 Å². The third-order valence-electron chi connectivity index (χ3n) is 6.18. The van der Waals surface area contributed by atoms with Gasteiger partial charge >= 0.3 is 0 Å². The number of hydrogen-bond donors (Lipinski definition) is 0. The molecule has 0 aliphatic carbocycles. The second-order valence-electron chi connectivity index (χ2n) is 9.77. The topological polar surface area (TPSA) is 74.3 Å². The van der Waals surface area contributed by atoms with Crippen LogP contribution in [-0.2, 0) is 0 Å². The smallest absolute Gasteiger partial charge is 0.291 e. The summed E-state index contributed by atoms with van der Waals surface area (Å²) in [5, 5.41) is 9.31. The van der Waals surface area contributed by atoms with Crippen LogP contribution in [0.25, 0.3) is 40.1 Å². The summed E-state index contributed by atoms with van der Waals surface area (Å²) in [4.78, 5) is 18.4. The third kappa shape index (κ3) is 5.48. The van der Waals surface area contributed by atoms with E-state index < -0.39 is 0 Å². The molecule has 198 valence electrons. The molecule has 0 N–H and O–H groups in total. The van der Waals surface area contributed by atoms with Crippen molar-refractivity contribution in [3.63, 3.8) is 0 Å². The zero-order valence-electron chi connectivity index (χ0n) is 22.1. The maximum atomic E-state index is 13.3. The summed E-state index contributed by atoms with van der Waals surface area (Å²) in [6.45, 7) is 4.90. The Labute approximate surface area is 235 Å². The molecule has 0 fully saturated rings. The van der Waals surface area contributed by atoms with Crippen LogP contribution in [0.4, 0.5) is 0 Å². The monoisotopic (exact) mass is 545 g/mol. The number of hydrogen-bond acceptors (Lipinski definition) is 6. The fourth-order valence-corrected chi connectivity index (χ4v) is 5.10. The molecule has 3 aromatic heterocycles. The van der Waals surface area contributed by atoms with E-state index >= 15 is 0 Å². The van der Waals surface area contributed by atoms with E-state index in [4.69, 9.17) is 9.84 Å². The van der Waals surface area contributed by atoms with E-state index in [0.717, 1.165) is 33.8 Å². The van der Waals surface area contributed by atoms with Gasteiger partial charge in [-0.25, -0.2) is 4.68 Å². The Morgan fingerprint density at radius 3 is 2.33 bits per heavy atom. The summed E-state index contributed by atoms with van der Waals surface area (Å²) in [6.07, 6.45) is 7.56. The van der Waals surface area contributed by atoms with Gasteiger partial charge in [-0.15, -0.1) is 5.10 Å². The first kappa shape index (κ1) is 25.5. The van der Waals surface area contributed by atoms with Gasteiger partial charge in [-0.3, -0.25) is 4.79 Å². The van der Waals surface area contributed by atoms with Crippen molar-refractivity contribution in [1.82, 2.24) is 24.4 Å². The predicted octanol–water partition coefficient (Wildman–Crippen LogP) is 5.76. The molecule has 0 aliphatic heterocycles. The number of ether oxygens (including phenoxy) is 1. The average Bonchev–Trinajstić information content (AvgIpc) is 3.67. The fraction of sp³-hybridized carbons (Fsp3) is 0.125. The molecule has 0 unspecified atom stereocenters. The van der Waals surface area contributed by atoms with Gasteiger partial charge in [-0.1, -0.05) is 79.8 Å². The Hall–Kier alpha value is -4.82. The summed E-state index contributed by atoms with van der Waals surface area (Å²) in [6, 6.07) is 27.7. The Morgan fingerprint density at radius 1 is 0.900 bits per heavy atom. The van der Waals surface area contributed by atoms with Crippen LogP contribution >= 0.6 is 11.3 Å². The van der Waals surface area contributed by atoms with Crippen LogP contribution in [0.1, 0.15) is 30.8 Å². The number of benzene rings is 3. The lowest BCUT2D eigenvalue weighted by Gasteiger charge is -2.09. The highest BCUT2D eigenvalue weighted by Crippen LogP contribution is 2.27. The Bertz CT molecular complexity index is 1890. The minimum atomic E-state index is -0.206. The molecule has 0 aliphatic rings. The molecule has 3 aromatic carbocycles. The molecule has 0 saturated heterocycles. The summed E-state index contributed by atoms with van der Waals surface area (Å²) < 4.78 is 9.59. The number of rotatable bonds is 8. The molecule has 40 heavy (non-hydrogen) atoms. The van der Waals surface area contributed by atoms with E-state index in [1.807, 2.05) is 114 Å². The van der Waals surface area contributed by atoms with Gasteiger partial charge in [0.2, 0.25) is 4.96 Å². The van der Waals surface area contributed by atoms with Crippen molar-refractivity contribution < 1.29 is 4.74 Å². The van der Waals surface area contributed by atoms with E-state index in [9.17, 15) is 4.79 Å². The average molecular weight is 546 g/mol. The molecule has 0 spiro atoms. The third-order valence-corrected chi connectivity index (χ3v) is 7.14. The van der Waals surface area contributed by atoms with Gasteiger partial charge in [0, 0.05) is 17.3 Å². The van der Waals surface area contributed by atoms with Crippen molar-refractivity contribution in [2.45, 2.75) is 13.8 Å². The lowest BCUT2D eigenvalue weighted by molar-refractivity contribution is 0.271. The van der Waals surface area contributed by atoms with Gasteiger partial charge in [-0.05, 0) is 60.0 Å². The first-order valence-electron chi connectivity index (χ1n) is 13.1. The highest BCUT2D eigenvalue weighted by Gasteiger charge is 2.14. The molecule has 0 radical (unpaired) electrons. The Kier molecular flexibility index (Phi) is 7.08. The lowest BCUT2D eigenvalue weighted by atomic mass is 10.1. The summed E-state index contributed by atoms with van der Waals surface area (Å²) >= 11 is 1.31. The van der Waals surface area contributed by atoms with Crippen LogP contribution in [0, 0.1) is 5.92 Å². The van der Waals surface area contributed by atoms with E-state index in [0.29, 0.717) is 27.8 Å². The predicted molar refractivity (Wildman–Crippen MR) is 161 cm³/mol. The van der Waals surface area contributed by atoms with Crippen molar-refractivity contribution in [3.05, 3.63) is 123 Å². The molecule has 0 atom stereocenters. The van der Waals surface area contributed by atoms with Crippen LogP contribution in [0.5, 0.6) is 5.75 Å². The van der Waals surface area contributed by atoms with E-state index in [2.05, 4.69) is 23.9 Å². The van der Waals surface area contributed by atoms with Crippen LogP contribution < -0.4 is 14.8 Å². The number of fused-ring (bicyclic) bond motifs is 1. The molecule has 0 amide bonds. The molecule has 8 heteroatoms. The van der Waals surface area contributed by atoms with E-state index in [-0.39, 0.29) is 5.56 Å². The van der Waals surface area contributed by atoms with Gasteiger partial charge < -0.3 is 4.74 Å².